The first-order chi connectivity index (χ1) is 8.20. The van der Waals surface area contributed by atoms with Crippen LogP contribution in [0.15, 0.2) is 21.7 Å². The van der Waals surface area contributed by atoms with Crippen molar-refractivity contribution < 1.29 is 4.52 Å². The summed E-state index contributed by atoms with van der Waals surface area (Å²) in [7, 11) is 0. The monoisotopic (exact) mass is 235 g/mol. The molecule has 0 bridgehead atoms. The SMILES string of the molecule is CCn1ccnc(NCc2noc(C)n2)c1=O. The fraction of sp³-hybridized carbons (Fsp3) is 0.400. The first kappa shape index (κ1) is 11.3. The number of hydrogen-bond acceptors (Lipinski definition) is 6. The van der Waals surface area contributed by atoms with E-state index in [1.807, 2.05) is 6.92 Å². The van der Waals surface area contributed by atoms with Gasteiger partial charge < -0.3 is 14.4 Å². The van der Waals surface area contributed by atoms with Gasteiger partial charge in [0.05, 0.1) is 6.54 Å². The molecule has 0 fully saturated rings. The first-order valence-electron chi connectivity index (χ1n) is 5.29. The Balaban J connectivity index is 2.11. The van der Waals surface area contributed by atoms with Crippen LogP contribution in [0, 0.1) is 6.92 Å². The molecule has 1 N–H and O–H groups in total. The molecule has 0 aliphatic rings. The molecule has 0 unspecified atom stereocenters. The lowest BCUT2D eigenvalue weighted by molar-refractivity contribution is 0.388. The molecule has 0 spiro atoms. The Morgan fingerprint density at radius 1 is 1.53 bits per heavy atom. The Morgan fingerprint density at radius 2 is 2.35 bits per heavy atom. The molecule has 2 aromatic heterocycles. The van der Waals surface area contributed by atoms with Crippen LogP contribution in [0.1, 0.15) is 18.6 Å². The summed E-state index contributed by atoms with van der Waals surface area (Å²) in [5.41, 5.74) is -0.157. The maximum Gasteiger partial charge on any atom is 0.293 e. The van der Waals surface area contributed by atoms with Gasteiger partial charge in [0.2, 0.25) is 5.89 Å². The van der Waals surface area contributed by atoms with E-state index in [0.717, 1.165) is 0 Å². The number of nitrogens with zero attached hydrogens (tertiary/aromatic N) is 4. The van der Waals surface area contributed by atoms with Crippen molar-refractivity contribution in [1.29, 1.82) is 0 Å². The van der Waals surface area contributed by atoms with Crippen molar-refractivity contribution in [2.45, 2.75) is 26.9 Å². The Kier molecular flexibility index (Phi) is 3.17. The van der Waals surface area contributed by atoms with Gasteiger partial charge in [0, 0.05) is 25.9 Å². The third-order valence-electron chi connectivity index (χ3n) is 2.24. The molecule has 0 amide bonds. The third kappa shape index (κ3) is 2.49. The van der Waals surface area contributed by atoms with Crippen LogP contribution in [0.3, 0.4) is 0 Å². The van der Waals surface area contributed by atoms with Gasteiger partial charge in [-0.15, -0.1) is 0 Å². The number of aryl methyl sites for hydroxylation is 2. The maximum absolute atomic E-state index is 11.8. The van der Waals surface area contributed by atoms with E-state index in [-0.39, 0.29) is 11.4 Å². The van der Waals surface area contributed by atoms with Gasteiger partial charge in [0.15, 0.2) is 11.6 Å². The van der Waals surface area contributed by atoms with Crippen molar-refractivity contribution in [3.05, 3.63) is 34.5 Å². The smallest absolute Gasteiger partial charge is 0.293 e. The zero-order chi connectivity index (χ0) is 12.3. The highest BCUT2D eigenvalue weighted by Gasteiger charge is 2.06. The summed E-state index contributed by atoms with van der Waals surface area (Å²) in [6, 6.07) is 0. The summed E-state index contributed by atoms with van der Waals surface area (Å²) in [6.07, 6.45) is 3.22. The minimum atomic E-state index is -0.157. The molecule has 0 saturated heterocycles. The van der Waals surface area contributed by atoms with Gasteiger partial charge in [-0.25, -0.2) is 4.98 Å². The molecular weight excluding hydrogens is 222 g/mol. The molecule has 0 aliphatic heterocycles. The van der Waals surface area contributed by atoms with Crippen molar-refractivity contribution in [2.24, 2.45) is 0 Å². The van der Waals surface area contributed by atoms with Crippen LogP contribution >= 0.6 is 0 Å². The summed E-state index contributed by atoms with van der Waals surface area (Å²) in [6.45, 7) is 4.53. The van der Waals surface area contributed by atoms with E-state index >= 15 is 0 Å². The molecule has 0 saturated carbocycles. The van der Waals surface area contributed by atoms with Crippen LogP contribution in [-0.2, 0) is 13.1 Å². The molecule has 17 heavy (non-hydrogen) atoms. The lowest BCUT2D eigenvalue weighted by Gasteiger charge is -2.05. The quantitative estimate of drug-likeness (QED) is 0.833. The van der Waals surface area contributed by atoms with Gasteiger partial charge in [-0.2, -0.15) is 4.98 Å². The van der Waals surface area contributed by atoms with Crippen molar-refractivity contribution in [2.75, 3.05) is 5.32 Å². The summed E-state index contributed by atoms with van der Waals surface area (Å²) in [5.74, 6) is 1.28. The third-order valence-corrected chi connectivity index (χ3v) is 2.24. The van der Waals surface area contributed by atoms with Gasteiger partial charge in [-0.05, 0) is 6.92 Å². The van der Waals surface area contributed by atoms with Gasteiger partial charge in [-0.1, -0.05) is 5.16 Å². The zero-order valence-electron chi connectivity index (χ0n) is 9.67. The number of aromatic nitrogens is 4. The highest BCUT2D eigenvalue weighted by atomic mass is 16.5. The summed E-state index contributed by atoms with van der Waals surface area (Å²) in [4.78, 5) is 19.8. The molecule has 2 rings (SSSR count). The van der Waals surface area contributed by atoms with Crippen molar-refractivity contribution in [1.82, 2.24) is 19.7 Å². The number of anilines is 1. The van der Waals surface area contributed by atoms with E-state index in [4.69, 9.17) is 4.52 Å². The van der Waals surface area contributed by atoms with Gasteiger partial charge in [-0.3, -0.25) is 4.79 Å². The van der Waals surface area contributed by atoms with E-state index in [1.165, 1.54) is 0 Å². The summed E-state index contributed by atoms with van der Waals surface area (Å²) < 4.78 is 6.39. The van der Waals surface area contributed by atoms with Crippen LogP contribution < -0.4 is 10.9 Å². The van der Waals surface area contributed by atoms with Crippen LogP contribution in [-0.4, -0.2) is 19.7 Å². The second kappa shape index (κ2) is 4.77. The predicted molar refractivity (Wildman–Crippen MR) is 60.5 cm³/mol. The van der Waals surface area contributed by atoms with Crippen molar-refractivity contribution in [3.63, 3.8) is 0 Å². The predicted octanol–water partition coefficient (Wildman–Crippen LogP) is 0.567. The molecule has 0 atom stereocenters. The Morgan fingerprint density at radius 3 is 3.00 bits per heavy atom. The van der Waals surface area contributed by atoms with Crippen LogP contribution in [0.4, 0.5) is 5.82 Å². The molecule has 2 aromatic rings. The minimum absolute atomic E-state index is 0.157. The molecule has 0 radical (unpaired) electrons. The van der Waals surface area contributed by atoms with Gasteiger partial charge in [0.25, 0.3) is 5.56 Å². The molecule has 7 nitrogen and oxygen atoms in total. The lowest BCUT2D eigenvalue weighted by Crippen LogP contribution is -2.23. The lowest BCUT2D eigenvalue weighted by atomic mass is 10.5. The number of rotatable bonds is 4. The van der Waals surface area contributed by atoms with Crippen LogP contribution in [0.5, 0.6) is 0 Å². The average Bonchev–Trinajstić information content (AvgIpc) is 2.74. The largest absolute Gasteiger partial charge is 0.358 e. The molecule has 0 aliphatic carbocycles. The normalized spacial score (nSPS) is 10.5. The second-order valence-electron chi connectivity index (χ2n) is 3.45. The van der Waals surface area contributed by atoms with Crippen LogP contribution in [0.25, 0.3) is 0 Å². The number of hydrogen-bond donors (Lipinski definition) is 1. The van der Waals surface area contributed by atoms with Crippen LogP contribution in [0.2, 0.25) is 0 Å². The Labute approximate surface area is 97.5 Å². The molecule has 90 valence electrons. The summed E-state index contributed by atoms with van der Waals surface area (Å²) >= 11 is 0. The molecular formula is C10H13N5O2. The van der Waals surface area contributed by atoms with Gasteiger partial charge in [0.1, 0.15) is 0 Å². The molecule has 2 heterocycles. The second-order valence-corrected chi connectivity index (χ2v) is 3.45. The van der Waals surface area contributed by atoms with E-state index < -0.39 is 0 Å². The maximum atomic E-state index is 11.8. The Hall–Kier alpha value is -2.18. The fourth-order valence-electron chi connectivity index (χ4n) is 1.39. The first-order valence-corrected chi connectivity index (χ1v) is 5.29. The molecule has 7 heteroatoms. The van der Waals surface area contributed by atoms with E-state index in [9.17, 15) is 4.79 Å². The highest BCUT2D eigenvalue weighted by Crippen LogP contribution is 1.99. The van der Waals surface area contributed by atoms with Crippen molar-refractivity contribution >= 4 is 5.82 Å². The highest BCUT2D eigenvalue weighted by molar-refractivity contribution is 5.30. The van der Waals surface area contributed by atoms with Crippen molar-refractivity contribution in [3.8, 4) is 0 Å². The minimum Gasteiger partial charge on any atom is -0.358 e. The average molecular weight is 235 g/mol. The van der Waals surface area contributed by atoms with E-state index in [2.05, 4.69) is 20.4 Å². The molecule has 0 aromatic carbocycles. The Bertz CT molecular complexity index is 560. The summed E-state index contributed by atoms with van der Waals surface area (Å²) in [5, 5.41) is 6.61. The standard InChI is InChI=1S/C10H13N5O2/c1-3-15-5-4-11-9(10(15)16)12-6-8-13-7(2)17-14-8/h4-5H,3,6H2,1-2H3,(H,11,12). The van der Waals surface area contributed by atoms with E-state index in [1.54, 1.807) is 23.9 Å². The van der Waals surface area contributed by atoms with Gasteiger partial charge >= 0.3 is 0 Å². The fourth-order valence-corrected chi connectivity index (χ4v) is 1.39. The topological polar surface area (TPSA) is 85.8 Å². The van der Waals surface area contributed by atoms with E-state index in [0.29, 0.717) is 24.8 Å². The number of nitrogens with one attached hydrogen (secondary N) is 1. The zero-order valence-corrected chi connectivity index (χ0v) is 9.67.